The number of nitrogens with one attached hydrogen (secondary N) is 2. The number of amides is 1. The number of hydrogen-bond donors (Lipinski definition) is 2. The minimum Gasteiger partial charge on any atom is -0.364 e. The van der Waals surface area contributed by atoms with Crippen molar-refractivity contribution in [2.24, 2.45) is 0 Å². The van der Waals surface area contributed by atoms with Crippen LogP contribution in [0.5, 0.6) is 0 Å². The van der Waals surface area contributed by atoms with Gasteiger partial charge in [-0.05, 0) is 70.0 Å². The molecule has 1 aromatic heterocycles. The number of aromatic nitrogens is 2. The van der Waals surface area contributed by atoms with Gasteiger partial charge in [-0.1, -0.05) is 6.07 Å². The zero-order valence-electron chi connectivity index (χ0n) is 13.7. The van der Waals surface area contributed by atoms with Crippen LogP contribution in [0, 0.1) is 13.8 Å². The van der Waals surface area contributed by atoms with Crippen LogP contribution in [-0.4, -0.2) is 21.6 Å². The molecule has 0 saturated heterocycles. The number of aryl methyl sites for hydroxylation is 2. The van der Waals surface area contributed by atoms with E-state index in [2.05, 4.69) is 26.9 Å². The number of nitrogens with zero attached hydrogens (tertiary/aromatic N) is 2. The molecule has 0 bridgehead atoms. The van der Waals surface area contributed by atoms with Gasteiger partial charge in [0.05, 0.1) is 0 Å². The van der Waals surface area contributed by atoms with E-state index in [-0.39, 0.29) is 11.4 Å². The average Bonchev–Trinajstić information content (AvgIpc) is 2.36. The molecule has 0 saturated carbocycles. The molecule has 0 atom stereocenters. The highest BCUT2D eigenvalue weighted by molar-refractivity contribution is 6.02. The summed E-state index contributed by atoms with van der Waals surface area (Å²) in [5.41, 5.74) is 3.16. The zero-order valence-corrected chi connectivity index (χ0v) is 13.7. The maximum absolute atomic E-state index is 12.2. The van der Waals surface area contributed by atoms with Gasteiger partial charge in [-0.3, -0.25) is 4.79 Å². The Morgan fingerprint density at radius 2 is 1.64 bits per heavy atom. The Bertz CT molecular complexity index is 652. The summed E-state index contributed by atoms with van der Waals surface area (Å²) in [4.78, 5) is 12.2. The van der Waals surface area contributed by atoms with E-state index in [9.17, 15) is 4.79 Å². The molecule has 0 fully saturated rings. The van der Waals surface area contributed by atoms with Crippen LogP contribution in [0.4, 0.5) is 11.5 Å². The largest absolute Gasteiger partial charge is 0.364 e. The normalized spacial score (nSPS) is 11.1. The summed E-state index contributed by atoms with van der Waals surface area (Å²) in [7, 11) is 0. The average molecular weight is 298 g/mol. The van der Waals surface area contributed by atoms with Gasteiger partial charge in [0, 0.05) is 11.2 Å². The van der Waals surface area contributed by atoms with Crippen molar-refractivity contribution in [1.29, 1.82) is 0 Å². The summed E-state index contributed by atoms with van der Waals surface area (Å²) < 4.78 is 0. The SMILES string of the molecule is Cc1cc(C)cc(NC(=O)c2ccc(NC(C)(C)C)nn2)c1. The molecule has 5 heteroatoms. The predicted molar refractivity (Wildman–Crippen MR) is 89.3 cm³/mol. The molecule has 2 N–H and O–H groups in total. The molecular formula is C17H22N4O. The van der Waals surface area contributed by atoms with Crippen LogP contribution >= 0.6 is 0 Å². The van der Waals surface area contributed by atoms with Crippen LogP contribution in [0.15, 0.2) is 30.3 Å². The van der Waals surface area contributed by atoms with Crippen LogP contribution in [0.2, 0.25) is 0 Å². The Labute approximate surface area is 131 Å². The molecule has 0 unspecified atom stereocenters. The maximum Gasteiger partial charge on any atom is 0.276 e. The highest BCUT2D eigenvalue weighted by Gasteiger charge is 2.12. The standard InChI is InChI=1S/C17H22N4O/c1-11-8-12(2)10-13(9-11)18-16(22)14-6-7-15(21-20-14)19-17(3,4)5/h6-10H,1-5H3,(H,18,22)(H,19,21). The minimum atomic E-state index is -0.264. The lowest BCUT2D eigenvalue weighted by atomic mass is 10.1. The molecule has 1 amide bonds. The third kappa shape index (κ3) is 4.55. The Morgan fingerprint density at radius 3 is 2.14 bits per heavy atom. The molecule has 2 aromatic rings. The van der Waals surface area contributed by atoms with Crippen LogP contribution in [0.1, 0.15) is 42.4 Å². The van der Waals surface area contributed by atoms with E-state index in [4.69, 9.17) is 0 Å². The van der Waals surface area contributed by atoms with Gasteiger partial charge in [0.25, 0.3) is 5.91 Å². The van der Waals surface area contributed by atoms with Crippen molar-refractivity contribution in [2.45, 2.75) is 40.2 Å². The number of anilines is 2. The van der Waals surface area contributed by atoms with Crippen LogP contribution < -0.4 is 10.6 Å². The summed E-state index contributed by atoms with van der Waals surface area (Å²) >= 11 is 0. The summed E-state index contributed by atoms with van der Waals surface area (Å²) in [6, 6.07) is 9.33. The van der Waals surface area contributed by atoms with Gasteiger partial charge in [-0.15, -0.1) is 10.2 Å². The Morgan fingerprint density at radius 1 is 1.00 bits per heavy atom. The fraction of sp³-hybridized carbons (Fsp3) is 0.353. The molecule has 2 rings (SSSR count). The first-order valence-electron chi connectivity index (χ1n) is 7.24. The van der Waals surface area contributed by atoms with Gasteiger partial charge in [0.2, 0.25) is 0 Å². The molecular weight excluding hydrogens is 276 g/mol. The number of hydrogen-bond acceptors (Lipinski definition) is 4. The minimum absolute atomic E-state index is 0.0997. The number of carbonyl (C=O) groups excluding carboxylic acids is 1. The molecule has 1 heterocycles. The first kappa shape index (κ1) is 15.9. The molecule has 0 aliphatic carbocycles. The third-order valence-electron chi connectivity index (χ3n) is 2.88. The molecule has 0 aliphatic rings. The summed E-state index contributed by atoms with van der Waals surface area (Å²) in [6.07, 6.45) is 0. The lowest BCUT2D eigenvalue weighted by molar-refractivity contribution is 0.102. The van der Waals surface area contributed by atoms with E-state index in [1.165, 1.54) is 0 Å². The molecule has 116 valence electrons. The van der Waals surface area contributed by atoms with Crippen molar-refractivity contribution in [2.75, 3.05) is 10.6 Å². The van der Waals surface area contributed by atoms with Gasteiger partial charge in [-0.25, -0.2) is 0 Å². The first-order chi connectivity index (χ1) is 10.2. The Hall–Kier alpha value is -2.43. The smallest absolute Gasteiger partial charge is 0.276 e. The van der Waals surface area contributed by atoms with Crippen molar-refractivity contribution in [1.82, 2.24) is 10.2 Å². The van der Waals surface area contributed by atoms with Crippen LogP contribution in [0.3, 0.4) is 0 Å². The van der Waals surface area contributed by atoms with Gasteiger partial charge in [0.15, 0.2) is 5.69 Å². The summed E-state index contributed by atoms with van der Waals surface area (Å²) in [5, 5.41) is 14.1. The third-order valence-corrected chi connectivity index (χ3v) is 2.88. The zero-order chi connectivity index (χ0) is 16.3. The number of benzene rings is 1. The van der Waals surface area contributed by atoms with Gasteiger partial charge < -0.3 is 10.6 Å². The molecule has 0 aliphatic heterocycles. The lowest BCUT2D eigenvalue weighted by Crippen LogP contribution is -2.27. The van der Waals surface area contributed by atoms with Crippen molar-refractivity contribution < 1.29 is 4.79 Å². The van der Waals surface area contributed by atoms with Crippen LogP contribution in [-0.2, 0) is 0 Å². The fourth-order valence-corrected chi connectivity index (χ4v) is 2.15. The predicted octanol–water partition coefficient (Wildman–Crippen LogP) is 3.56. The highest BCUT2D eigenvalue weighted by atomic mass is 16.1. The van der Waals surface area contributed by atoms with Crippen molar-refractivity contribution in [3.8, 4) is 0 Å². The van der Waals surface area contributed by atoms with Gasteiger partial charge in [0.1, 0.15) is 5.82 Å². The van der Waals surface area contributed by atoms with E-state index in [1.807, 2.05) is 46.8 Å². The lowest BCUT2D eigenvalue weighted by Gasteiger charge is -2.20. The first-order valence-corrected chi connectivity index (χ1v) is 7.24. The Balaban J connectivity index is 2.09. The molecule has 5 nitrogen and oxygen atoms in total. The van der Waals surface area contributed by atoms with E-state index in [0.717, 1.165) is 16.8 Å². The number of carbonyl (C=O) groups is 1. The fourth-order valence-electron chi connectivity index (χ4n) is 2.15. The molecule has 0 radical (unpaired) electrons. The van der Waals surface area contributed by atoms with Gasteiger partial charge >= 0.3 is 0 Å². The monoisotopic (exact) mass is 298 g/mol. The molecule has 1 aromatic carbocycles. The van der Waals surface area contributed by atoms with Crippen molar-refractivity contribution in [3.05, 3.63) is 47.2 Å². The van der Waals surface area contributed by atoms with Crippen LogP contribution in [0.25, 0.3) is 0 Å². The molecule has 22 heavy (non-hydrogen) atoms. The summed E-state index contributed by atoms with van der Waals surface area (Å²) in [6.45, 7) is 10.1. The van der Waals surface area contributed by atoms with Crippen molar-refractivity contribution >= 4 is 17.4 Å². The molecule has 0 spiro atoms. The van der Waals surface area contributed by atoms with E-state index in [1.54, 1.807) is 12.1 Å². The second kappa shape index (κ2) is 6.13. The van der Waals surface area contributed by atoms with Gasteiger partial charge in [-0.2, -0.15) is 0 Å². The topological polar surface area (TPSA) is 66.9 Å². The highest BCUT2D eigenvalue weighted by Crippen LogP contribution is 2.15. The second-order valence-corrected chi connectivity index (χ2v) is 6.51. The van der Waals surface area contributed by atoms with E-state index < -0.39 is 0 Å². The summed E-state index contributed by atoms with van der Waals surface area (Å²) in [5.74, 6) is 0.384. The maximum atomic E-state index is 12.2. The Kier molecular flexibility index (Phi) is 4.45. The van der Waals surface area contributed by atoms with Crippen molar-refractivity contribution in [3.63, 3.8) is 0 Å². The second-order valence-electron chi connectivity index (χ2n) is 6.51. The van der Waals surface area contributed by atoms with E-state index in [0.29, 0.717) is 11.5 Å². The number of rotatable bonds is 3. The van der Waals surface area contributed by atoms with E-state index >= 15 is 0 Å². The quantitative estimate of drug-likeness (QED) is 0.909.